The quantitative estimate of drug-likeness (QED) is 0.392. The maximum Gasteiger partial charge on any atom is 0.191 e. The Morgan fingerprint density at radius 1 is 1.45 bits per heavy atom. The molecule has 1 fully saturated rings. The van der Waals surface area contributed by atoms with Crippen molar-refractivity contribution in [3.05, 3.63) is 12.2 Å². The van der Waals surface area contributed by atoms with Crippen LogP contribution in [0.2, 0.25) is 0 Å². The Labute approximate surface area is 149 Å². The first-order valence-electron chi connectivity index (χ1n) is 7.84. The smallest absolute Gasteiger partial charge is 0.191 e. The van der Waals surface area contributed by atoms with Gasteiger partial charge >= 0.3 is 0 Å². The summed E-state index contributed by atoms with van der Waals surface area (Å²) in [6, 6.07) is 0. The molecule has 0 spiro atoms. The summed E-state index contributed by atoms with van der Waals surface area (Å²) < 4.78 is 7.66. The Balaban J connectivity index is 0.00000242. The lowest BCUT2D eigenvalue weighted by Gasteiger charge is -2.13. The van der Waals surface area contributed by atoms with Gasteiger partial charge in [0.15, 0.2) is 5.96 Å². The van der Waals surface area contributed by atoms with Gasteiger partial charge in [0.2, 0.25) is 0 Å². The van der Waals surface area contributed by atoms with Crippen molar-refractivity contribution in [2.75, 3.05) is 26.2 Å². The Hall–Kier alpha value is -0.900. The van der Waals surface area contributed by atoms with Crippen molar-refractivity contribution >= 4 is 29.9 Å². The van der Waals surface area contributed by atoms with Crippen molar-refractivity contribution in [3.63, 3.8) is 0 Å². The van der Waals surface area contributed by atoms with Gasteiger partial charge in [-0.3, -0.25) is 4.99 Å². The molecular weight excluding hydrogens is 395 g/mol. The molecule has 126 valence electrons. The summed E-state index contributed by atoms with van der Waals surface area (Å²) in [5.41, 5.74) is 0. The summed E-state index contributed by atoms with van der Waals surface area (Å²) in [5.74, 6) is 1.86. The van der Waals surface area contributed by atoms with E-state index < -0.39 is 0 Å². The molecule has 2 rings (SSSR count). The van der Waals surface area contributed by atoms with Crippen LogP contribution in [-0.4, -0.2) is 53.1 Å². The van der Waals surface area contributed by atoms with E-state index in [-0.39, 0.29) is 30.1 Å². The van der Waals surface area contributed by atoms with E-state index in [0.29, 0.717) is 0 Å². The van der Waals surface area contributed by atoms with Crippen LogP contribution in [0.15, 0.2) is 11.3 Å². The molecule has 8 heteroatoms. The van der Waals surface area contributed by atoms with Gasteiger partial charge in [-0.05, 0) is 19.8 Å². The summed E-state index contributed by atoms with van der Waals surface area (Å²) in [6.45, 7) is 8.23. The number of hydrogen-bond acceptors (Lipinski definition) is 4. The summed E-state index contributed by atoms with van der Waals surface area (Å²) in [7, 11) is 0. The number of halogens is 1. The van der Waals surface area contributed by atoms with Gasteiger partial charge in [-0.2, -0.15) is 0 Å². The maximum atomic E-state index is 5.59. The number of nitrogens with one attached hydrogen (secondary N) is 2. The first-order valence-corrected chi connectivity index (χ1v) is 7.84. The molecule has 22 heavy (non-hydrogen) atoms. The van der Waals surface area contributed by atoms with Crippen LogP contribution < -0.4 is 10.6 Å². The topological polar surface area (TPSA) is 76.4 Å². The molecule has 0 aliphatic carbocycles. The second kappa shape index (κ2) is 10.8. The highest BCUT2D eigenvalue weighted by molar-refractivity contribution is 14.0. The average molecular weight is 422 g/mol. The standard InChI is InChI=1S/C14H26N6O.HI/c1-3-13-19-18-11-20(13)8-7-16-14(15-4-2)17-10-12-6-5-9-21-12;/h11-12H,3-10H2,1-2H3,(H2,15,16,17);1H. The van der Waals surface area contributed by atoms with E-state index >= 15 is 0 Å². The highest BCUT2D eigenvalue weighted by Gasteiger charge is 2.14. The number of rotatable bonds is 7. The third kappa shape index (κ3) is 6.07. The van der Waals surface area contributed by atoms with Gasteiger partial charge in [0.25, 0.3) is 0 Å². The lowest BCUT2D eigenvalue weighted by molar-refractivity contribution is 0.117. The van der Waals surface area contributed by atoms with Crippen LogP contribution in [0.1, 0.15) is 32.5 Å². The van der Waals surface area contributed by atoms with Gasteiger partial charge in [-0.1, -0.05) is 6.92 Å². The van der Waals surface area contributed by atoms with E-state index in [0.717, 1.165) is 63.8 Å². The molecule has 1 unspecified atom stereocenters. The Kier molecular flexibility index (Phi) is 9.37. The summed E-state index contributed by atoms with van der Waals surface area (Å²) >= 11 is 0. The highest BCUT2D eigenvalue weighted by atomic mass is 127. The largest absolute Gasteiger partial charge is 0.376 e. The van der Waals surface area contributed by atoms with Crippen LogP contribution in [0.4, 0.5) is 0 Å². The zero-order chi connectivity index (χ0) is 14.9. The minimum atomic E-state index is 0. The minimum absolute atomic E-state index is 0. The summed E-state index contributed by atoms with van der Waals surface area (Å²) in [4.78, 5) is 4.59. The molecule has 0 aromatic carbocycles. The van der Waals surface area contributed by atoms with E-state index in [4.69, 9.17) is 4.74 Å². The second-order valence-electron chi connectivity index (χ2n) is 5.08. The fourth-order valence-corrected chi connectivity index (χ4v) is 2.36. The zero-order valence-electron chi connectivity index (χ0n) is 13.4. The molecule has 1 aliphatic rings. The molecule has 0 amide bonds. The molecular formula is C14H27IN6O. The SMILES string of the molecule is CCNC(=NCC1CCCO1)NCCn1cnnc1CC.I. The highest BCUT2D eigenvalue weighted by Crippen LogP contribution is 2.11. The Morgan fingerprint density at radius 2 is 2.32 bits per heavy atom. The number of hydrogen-bond donors (Lipinski definition) is 2. The van der Waals surface area contributed by atoms with Gasteiger partial charge in [-0.15, -0.1) is 34.2 Å². The van der Waals surface area contributed by atoms with Gasteiger partial charge in [-0.25, -0.2) is 0 Å². The summed E-state index contributed by atoms with van der Waals surface area (Å²) in [6.07, 6.45) is 5.22. The molecule has 0 bridgehead atoms. The van der Waals surface area contributed by atoms with E-state index in [1.54, 1.807) is 6.33 Å². The normalized spacial score (nSPS) is 18.1. The van der Waals surface area contributed by atoms with E-state index in [9.17, 15) is 0 Å². The predicted molar refractivity (Wildman–Crippen MR) is 97.8 cm³/mol. The molecule has 0 radical (unpaired) electrons. The molecule has 0 saturated carbocycles. The molecule has 1 atom stereocenters. The first kappa shape index (κ1) is 19.1. The zero-order valence-corrected chi connectivity index (χ0v) is 15.7. The fraction of sp³-hybridized carbons (Fsp3) is 0.786. The lowest BCUT2D eigenvalue weighted by Crippen LogP contribution is -2.39. The van der Waals surface area contributed by atoms with Crippen LogP contribution >= 0.6 is 24.0 Å². The number of ether oxygens (including phenoxy) is 1. The van der Waals surface area contributed by atoms with Crippen molar-refractivity contribution in [3.8, 4) is 0 Å². The van der Waals surface area contributed by atoms with Crippen molar-refractivity contribution in [1.29, 1.82) is 0 Å². The first-order chi connectivity index (χ1) is 10.3. The Bertz CT molecular complexity index is 444. The van der Waals surface area contributed by atoms with Crippen LogP contribution in [0.3, 0.4) is 0 Å². The van der Waals surface area contributed by atoms with Crippen molar-refractivity contribution in [2.24, 2.45) is 4.99 Å². The summed E-state index contributed by atoms with van der Waals surface area (Å²) in [5, 5.41) is 14.6. The maximum absolute atomic E-state index is 5.59. The van der Waals surface area contributed by atoms with Crippen LogP contribution in [0.5, 0.6) is 0 Å². The molecule has 1 aromatic heterocycles. The van der Waals surface area contributed by atoms with Crippen molar-refractivity contribution in [2.45, 2.75) is 45.8 Å². The number of aliphatic imine (C=N–C) groups is 1. The molecule has 1 aromatic rings. The minimum Gasteiger partial charge on any atom is -0.376 e. The van der Waals surface area contributed by atoms with Gasteiger partial charge in [0.05, 0.1) is 12.6 Å². The average Bonchev–Trinajstić information content (AvgIpc) is 3.16. The number of nitrogens with zero attached hydrogens (tertiary/aromatic N) is 4. The Morgan fingerprint density at radius 3 is 3.00 bits per heavy atom. The fourth-order valence-electron chi connectivity index (χ4n) is 2.36. The molecule has 2 N–H and O–H groups in total. The molecule has 1 saturated heterocycles. The van der Waals surface area contributed by atoms with Crippen molar-refractivity contribution in [1.82, 2.24) is 25.4 Å². The van der Waals surface area contributed by atoms with Gasteiger partial charge in [0.1, 0.15) is 12.2 Å². The van der Waals surface area contributed by atoms with Crippen LogP contribution in [0.25, 0.3) is 0 Å². The van der Waals surface area contributed by atoms with Crippen molar-refractivity contribution < 1.29 is 4.74 Å². The lowest BCUT2D eigenvalue weighted by atomic mass is 10.2. The third-order valence-corrected chi connectivity index (χ3v) is 3.48. The number of aryl methyl sites for hydroxylation is 1. The number of guanidine groups is 1. The van der Waals surface area contributed by atoms with Gasteiger partial charge < -0.3 is 19.9 Å². The third-order valence-electron chi connectivity index (χ3n) is 3.48. The second-order valence-corrected chi connectivity index (χ2v) is 5.08. The van der Waals surface area contributed by atoms with Crippen LogP contribution in [-0.2, 0) is 17.7 Å². The predicted octanol–water partition coefficient (Wildman–Crippen LogP) is 1.19. The number of aromatic nitrogens is 3. The van der Waals surface area contributed by atoms with E-state index in [1.165, 1.54) is 0 Å². The van der Waals surface area contributed by atoms with E-state index in [1.807, 2.05) is 0 Å². The molecule has 7 nitrogen and oxygen atoms in total. The van der Waals surface area contributed by atoms with Gasteiger partial charge in [0, 0.05) is 32.7 Å². The van der Waals surface area contributed by atoms with Crippen LogP contribution in [0, 0.1) is 0 Å². The monoisotopic (exact) mass is 422 g/mol. The van der Waals surface area contributed by atoms with E-state index in [2.05, 4.69) is 44.2 Å². The molecule has 2 heterocycles. The molecule has 1 aliphatic heterocycles.